The van der Waals surface area contributed by atoms with Gasteiger partial charge in [0.05, 0.1) is 17.1 Å². The third-order valence-electron chi connectivity index (χ3n) is 7.88. The van der Waals surface area contributed by atoms with Gasteiger partial charge in [0.2, 0.25) is 12.3 Å². The van der Waals surface area contributed by atoms with Crippen molar-refractivity contribution in [2.24, 2.45) is 18.4 Å². The zero-order valence-electron chi connectivity index (χ0n) is 19.6. The smallest absolute Gasteiger partial charge is 0.329 e. The van der Waals surface area contributed by atoms with Gasteiger partial charge in [-0.15, -0.1) is 0 Å². The second-order valence-electron chi connectivity index (χ2n) is 9.90. The van der Waals surface area contributed by atoms with Crippen molar-refractivity contribution in [3.05, 3.63) is 34.2 Å². The van der Waals surface area contributed by atoms with Crippen molar-refractivity contribution in [2.45, 2.75) is 57.4 Å². The van der Waals surface area contributed by atoms with Crippen LogP contribution in [-0.2, 0) is 27.9 Å². The molecule has 2 amide bonds. The Morgan fingerprint density at radius 3 is 2.58 bits per heavy atom. The van der Waals surface area contributed by atoms with E-state index in [-0.39, 0.29) is 24.4 Å². The summed E-state index contributed by atoms with van der Waals surface area (Å²) in [6.45, 7) is 1.78. The fourth-order valence-corrected chi connectivity index (χ4v) is 5.80. The van der Waals surface area contributed by atoms with E-state index in [4.69, 9.17) is 0 Å². The summed E-state index contributed by atoms with van der Waals surface area (Å²) in [4.78, 5) is 49.1. The van der Waals surface area contributed by atoms with Crippen LogP contribution in [0.1, 0.15) is 56.6 Å². The number of likely N-dealkylation sites (tertiary alicyclic amines) is 1. The summed E-state index contributed by atoms with van der Waals surface area (Å²) in [6.07, 6.45) is 9.06. The SMILES string of the molecule is CNC(=O)CCC(C=O)n1c(=O)n(C)c2cc(CCC3CC4(CCN(C=O)CC4)C3)ccc21. The molecule has 1 saturated heterocycles. The molecule has 0 radical (unpaired) electrons. The number of nitrogens with zero attached hydrogens (tertiary/aromatic N) is 3. The number of aldehydes is 1. The predicted octanol–water partition coefficient (Wildman–Crippen LogP) is 2.19. The van der Waals surface area contributed by atoms with Gasteiger partial charge in [-0.3, -0.25) is 18.7 Å². The van der Waals surface area contributed by atoms with Crippen LogP contribution in [0.2, 0.25) is 0 Å². The van der Waals surface area contributed by atoms with Crippen molar-refractivity contribution in [3.63, 3.8) is 0 Å². The summed E-state index contributed by atoms with van der Waals surface area (Å²) in [5.41, 5.74) is 2.95. The zero-order chi connectivity index (χ0) is 23.6. The van der Waals surface area contributed by atoms with E-state index < -0.39 is 6.04 Å². The van der Waals surface area contributed by atoms with E-state index in [9.17, 15) is 19.2 Å². The molecular weight excluding hydrogens is 420 g/mol. The van der Waals surface area contributed by atoms with Crippen molar-refractivity contribution >= 4 is 29.6 Å². The Labute approximate surface area is 193 Å². The molecule has 2 heterocycles. The lowest BCUT2D eigenvalue weighted by atomic mass is 9.56. The molecule has 178 valence electrons. The minimum absolute atomic E-state index is 0.149. The number of aryl methyl sites for hydroxylation is 2. The molecule has 1 aliphatic heterocycles. The lowest BCUT2D eigenvalue weighted by Crippen LogP contribution is -2.46. The summed E-state index contributed by atoms with van der Waals surface area (Å²) >= 11 is 0. The highest BCUT2D eigenvalue weighted by Gasteiger charge is 2.45. The highest BCUT2D eigenvalue weighted by Crippen LogP contribution is 2.53. The topological polar surface area (TPSA) is 93.4 Å². The standard InChI is InChI=1S/C25H34N4O4/c1-26-23(32)8-6-20(16-30)29-21-7-5-18(13-22(21)27(2)24(29)33)3-4-19-14-25(15-19)9-11-28(17-31)12-10-25/h5,7,13,16-17,19-20H,3-4,6,8-12,14-15H2,1-2H3,(H,26,32). The fraction of sp³-hybridized carbons (Fsp3) is 0.600. The van der Waals surface area contributed by atoms with Crippen LogP contribution in [0.3, 0.4) is 0 Å². The average molecular weight is 455 g/mol. The number of piperidine rings is 1. The fourth-order valence-electron chi connectivity index (χ4n) is 5.80. The lowest BCUT2D eigenvalue weighted by Gasteiger charge is -2.52. The number of nitrogens with one attached hydrogen (secondary N) is 1. The molecular formula is C25H34N4O4. The van der Waals surface area contributed by atoms with E-state index in [0.717, 1.165) is 68.4 Å². The molecule has 1 aliphatic carbocycles. The second kappa shape index (κ2) is 9.53. The molecule has 8 heteroatoms. The van der Waals surface area contributed by atoms with Crippen LogP contribution in [0.15, 0.2) is 23.0 Å². The van der Waals surface area contributed by atoms with E-state index in [2.05, 4.69) is 17.4 Å². The second-order valence-corrected chi connectivity index (χ2v) is 9.90. The van der Waals surface area contributed by atoms with E-state index >= 15 is 0 Å². The van der Waals surface area contributed by atoms with E-state index in [1.807, 2.05) is 11.0 Å². The molecule has 2 aliphatic rings. The van der Waals surface area contributed by atoms with Gasteiger partial charge < -0.3 is 15.0 Å². The van der Waals surface area contributed by atoms with Crippen LogP contribution in [-0.4, -0.2) is 52.8 Å². The normalized spacial score (nSPS) is 18.8. The van der Waals surface area contributed by atoms with Crippen LogP contribution in [0.25, 0.3) is 11.0 Å². The average Bonchev–Trinajstić information content (AvgIpc) is 3.06. The first-order chi connectivity index (χ1) is 15.9. The van der Waals surface area contributed by atoms with Gasteiger partial charge >= 0.3 is 5.69 Å². The molecule has 1 spiro atoms. The number of imidazole rings is 1. The molecule has 1 N–H and O–H groups in total. The number of carbonyl (C=O) groups is 3. The Balaban J connectivity index is 1.41. The summed E-state index contributed by atoms with van der Waals surface area (Å²) in [5, 5.41) is 2.55. The highest BCUT2D eigenvalue weighted by molar-refractivity contribution is 5.79. The number of carbonyl (C=O) groups excluding carboxylic acids is 3. The Hall–Kier alpha value is -2.90. The molecule has 4 rings (SSSR count). The largest absolute Gasteiger partial charge is 0.359 e. The van der Waals surface area contributed by atoms with Crippen molar-refractivity contribution in [1.82, 2.24) is 19.4 Å². The Morgan fingerprint density at radius 2 is 1.94 bits per heavy atom. The third kappa shape index (κ3) is 4.61. The molecule has 2 aromatic rings. The van der Waals surface area contributed by atoms with Gasteiger partial charge in [0, 0.05) is 33.6 Å². The van der Waals surface area contributed by atoms with Gasteiger partial charge in [-0.25, -0.2) is 4.79 Å². The van der Waals surface area contributed by atoms with Gasteiger partial charge in [-0.2, -0.15) is 0 Å². The maximum absolute atomic E-state index is 12.9. The van der Waals surface area contributed by atoms with Crippen LogP contribution < -0.4 is 11.0 Å². The van der Waals surface area contributed by atoms with Gasteiger partial charge in [0.1, 0.15) is 6.29 Å². The lowest BCUT2D eigenvalue weighted by molar-refractivity contribution is -0.122. The number of amides is 2. The van der Waals surface area contributed by atoms with Crippen LogP contribution in [0, 0.1) is 11.3 Å². The van der Waals surface area contributed by atoms with E-state index in [1.165, 1.54) is 23.0 Å². The Bertz CT molecular complexity index is 1090. The van der Waals surface area contributed by atoms with E-state index in [0.29, 0.717) is 5.41 Å². The molecule has 1 aromatic carbocycles. The molecule has 2 fully saturated rings. The van der Waals surface area contributed by atoms with Crippen LogP contribution in [0.5, 0.6) is 0 Å². The number of hydrogen-bond acceptors (Lipinski definition) is 4. The van der Waals surface area contributed by atoms with Gasteiger partial charge in [0.15, 0.2) is 0 Å². The number of benzene rings is 1. The molecule has 0 bridgehead atoms. The van der Waals surface area contributed by atoms with Crippen molar-refractivity contribution in [3.8, 4) is 0 Å². The summed E-state index contributed by atoms with van der Waals surface area (Å²) < 4.78 is 3.10. The van der Waals surface area contributed by atoms with Crippen LogP contribution in [0.4, 0.5) is 0 Å². The summed E-state index contributed by atoms with van der Waals surface area (Å²) in [6, 6.07) is 5.38. The molecule has 8 nitrogen and oxygen atoms in total. The predicted molar refractivity (Wildman–Crippen MR) is 126 cm³/mol. The minimum atomic E-state index is -0.666. The van der Waals surface area contributed by atoms with Crippen molar-refractivity contribution in [1.29, 1.82) is 0 Å². The van der Waals surface area contributed by atoms with Gasteiger partial charge in [-0.1, -0.05) is 6.07 Å². The number of rotatable bonds is 9. The van der Waals surface area contributed by atoms with Gasteiger partial charge in [-0.05, 0) is 74.0 Å². The third-order valence-corrected chi connectivity index (χ3v) is 7.88. The molecule has 1 unspecified atom stereocenters. The Morgan fingerprint density at radius 1 is 1.21 bits per heavy atom. The van der Waals surface area contributed by atoms with Crippen molar-refractivity contribution in [2.75, 3.05) is 20.1 Å². The first-order valence-corrected chi connectivity index (χ1v) is 11.9. The first kappa shape index (κ1) is 23.3. The quantitative estimate of drug-likeness (QED) is 0.588. The molecule has 1 saturated carbocycles. The number of aromatic nitrogens is 2. The maximum Gasteiger partial charge on any atom is 0.329 e. The first-order valence-electron chi connectivity index (χ1n) is 11.9. The number of hydrogen-bond donors (Lipinski definition) is 1. The molecule has 1 atom stereocenters. The Kier molecular flexibility index (Phi) is 6.72. The summed E-state index contributed by atoms with van der Waals surface area (Å²) in [7, 11) is 3.29. The van der Waals surface area contributed by atoms with Gasteiger partial charge in [0.25, 0.3) is 0 Å². The van der Waals surface area contributed by atoms with E-state index in [1.54, 1.807) is 18.7 Å². The monoisotopic (exact) mass is 454 g/mol. The van der Waals surface area contributed by atoms with Crippen molar-refractivity contribution < 1.29 is 14.4 Å². The van der Waals surface area contributed by atoms with Crippen LogP contribution >= 0.6 is 0 Å². The zero-order valence-corrected chi connectivity index (χ0v) is 19.6. The maximum atomic E-state index is 12.9. The highest BCUT2D eigenvalue weighted by atomic mass is 16.2. The molecule has 33 heavy (non-hydrogen) atoms. The minimum Gasteiger partial charge on any atom is -0.359 e. The number of fused-ring (bicyclic) bond motifs is 1. The molecule has 1 aromatic heterocycles. The summed E-state index contributed by atoms with van der Waals surface area (Å²) in [5.74, 6) is 0.575.